The molecule has 0 atom stereocenters. The molecule has 2 aromatic rings. The summed E-state index contributed by atoms with van der Waals surface area (Å²) in [6.45, 7) is 1.65. The van der Waals surface area contributed by atoms with Crippen LogP contribution in [0.15, 0.2) is 59.3 Å². The summed E-state index contributed by atoms with van der Waals surface area (Å²) in [6.07, 6.45) is 1.57. The van der Waals surface area contributed by atoms with Crippen molar-refractivity contribution in [3.05, 3.63) is 70.4 Å². The van der Waals surface area contributed by atoms with Gasteiger partial charge in [0, 0.05) is 16.9 Å². The number of allylic oxidation sites excluding steroid dienone is 1. The number of hydrogen-bond acceptors (Lipinski definition) is 7. The van der Waals surface area contributed by atoms with Crippen LogP contribution in [0.3, 0.4) is 0 Å². The van der Waals surface area contributed by atoms with Crippen LogP contribution in [0.4, 0.5) is 5.69 Å². The summed E-state index contributed by atoms with van der Waals surface area (Å²) in [5, 5.41) is 0. The maximum atomic E-state index is 13.4. The van der Waals surface area contributed by atoms with Crippen LogP contribution in [-0.4, -0.2) is 46.3 Å². The normalized spacial score (nSPS) is 14.6. The Hall–Kier alpha value is -4.07. The van der Waals surface area contributed by atoms with E-state index in [4.69, 9.17) is 18.9 Å². The first-order valence-electron chi connectivity index (χ1n) is 9.63. The van der Waals surface area contributed by atoms with Crippen molar-refractivity contribution in [1.29, 1.82) is 0 Å². The van der Waals surface area contributed by atoms with Gasteiger partial charge in [-0.3, -0.25) is 9.69 Å². The lowest BCUT2D eigenvalue weighted by atomic mass is 10.0. The maximum Gasteiger partial charge on any atom is 0.340 e. The first-order valence-corrected chi connectivity index (χ1v) is 9.63. The standard InChI is InChI=1S/C24H23NO7/c1-14-20(24(28)32-5)18(13-16-7-6-8-19(29-2)21(16)30-3)22(26)25(14)17-11-9-15(10-12-17)23(27)31-4/h6-13H,1-5H3/b18-13-. The van der Waals surface area contributed by atoms with Crippen LogP contribution in [0.1, 0.15) is 22.8 Å². The van der Waals surface area contributed by atoms with Gasteiger partial charge in [-0.05, 0) is 43.3 Å². The molecule has 0 saturated heterocycles. The molecule has 0 aromatic heterocycles. The highest BCUT2D eigenvalue weighted by Gasteiger charge is 2.38. The molecule has 166 valence electrons. The zero-order chi connectivity index (χ0) is 23.4. The van der Waals surface area contributed by atoms with Crippen molar-refractivity contribution in [2.75, 3.05) is 33.3 Å². The molecule has 0 aliphatic carbocycles. The Kier molecular flexibility index (Phi) is 6.63. The SMILES string of the molecule is COC(=O)C1=C(C)N(c2ccc(C(=O)OC)cc2)C(=O)/C1=C\c1cccc(OC)c1OC. The molecule has 8 heteroatoms. The van der Waals surface area contributed by atoms with Gasteiger partial charge in [-0.2, -0.15) is 0 Å². The third-order valence-electron chi connectivity index (χ3n) is 5.07. The van der Waals surface area contributed by atoms with E-state index in [1.165, 1.54) is 33.3 Å². The van der Waals surface area contributed by atoms with Gasteiger partial charge >= 0.3 is 11.9 Å². The fraction of sp³-hybridized carbons (Fsp3) is 0.208. The van der Waals surface area contributed by atoms with E-state index in [0.29, 0.717) is 34.0 Å². The summed E-state index contributed by atoms with van der Waals surface area (Å²) in [5.74, 6) is -0.630. The van der Waals surface area contributed by atoms with E-state index in [1.807, 2.05) is 0 Å². The van der Waals surface area contributed by atoms with Crippen molar-refractivity contribution in [3.63, 3.8) is 0 Å². The number of rotatable bonds is 6. The van der Waals surface area contributed by atoms with Crippen molar-refractivity contribution < 1.29 is 33.3 Å². The minimum absolute atomic E-state index is 0.138. The Labute approximate surface area is 185 Å². The van der Waals surface area contributed by atoms with E-state index in [0.717, 1.165) is 0 Å². The van der Waals surface area contributed by atoms with Crippen LogP contribution in [0.2, 0.25) is 0 Å². The fourth-order valence-electron chi connectivity index (χ4n) is 3.54. The van der Waals surface area contributed by atoms with E-state index in [9.17, 15) is 14.4 Å². The smallest absolute Gasteiger partial charge is 0.340 e. The number of methoxy groups -OCH3 is 4. The van der Waals surface area contributed by atoms with E-state index in [1.54, 1.807) is 55.5 Å². The highest BCUT2D eigenvalue weighted by Crippen LogP contribution is 2.38. The minimum atomic E-state index is -0.641. The van der Waals surface area contributed by atoms with Gasteiger partial charge in [0.1, 0.15) is 0 Å². The lowest BCUT2D eigenvalue weighted by Crippen LogP contribution is -2.24. The van der Waals surface area contributed by atoms with Crippen molar-refractivity contribution in [3.8, 4) is 11.5 Å². The molecule has 0 fully saturated rings. The number of amides is 1. The van der Waals surface area contributed by atoms with E-state index in [-0.39, 0.29) is 11.1 Å². The Morgan fingerprint density at radius 3 is 2.09 bits per heavy atom. The number of para-hydroxylation sites is 1. The van der Waals surface area contributed by atoms with Crippen molar-refractivity contribution in [2.24, 2.45) is 0 Å². The zero-order valence-corrected chi connectivity index (χ0v) is 18.4. The van der Waals surface area contributed by atoms with Gasteiger partial charge in [0.15, 0.2) is 11.5 Å². The molecule has 1 heterocycles. The van der Waals surface area contributed by atoms with Gasteiger partial charge in [0.2, 0.25) is 0 Å². The van der Waals surface area contributed by atoms with Gasteiger partial charge < -0.3 is 18.9 Å². The summed E-state index contributed by atoms with van der Waals surface area (Å²) in [5.41, 5.74) is 2.09. The van der Waals surface area contributed by atoms with Gasteiger partial charge in [-0.1, -0.05) is 12.1 Å². The summed E-state index contributed by atoms with van der Waals surface area (Å²) >= 11 is 0. The summed E-state index contributed by atoms with van der Waals surface area (Å²) in [6, 6.07) is 11.5. The number of hydrogen-bond donors (Lipinski definition) is 0. The number of nitrogens with zero attached hydrogens (tertiary/aromatic N) is 1. The molecule has 0 saturated carbocycles. The number of ether oxygens (including phenoxy) is 4. The number of benzene rings is 2. The number of carbonyl (C=O) groups is 3. The third kappa shape index (κ3) is 3.94. The molecule has 1 aliphatic rings. The highest BCUT2D eigenvalue weighted by atomic mass is 16.5. The van der Waals surface area contributed by atoms with Crippen LogP contribution >= 0.6 is 0 Å². The topological polar surface area (TPSA) is 91.4 Å². The quantitative estimate of drug-likeness (QED) is 0.505. The predicted molar refractivity (Wildman–Crippen MR) is 118 cm³/mol. The second-order valence-electron chi connectivity index (χ2n) is 6.77. The molecule has 0 unspecified atom stereocenters. The Balaban J connectivity index is 2.13. The molecular formula is C24H23NO7. The maximum absolute atomic E-state index is 13.4. The molecule has 0 radical (unpaired) electrons. The molecule has 2 aromatic carbocycles. The van der Waals surface area contributed by atoms with Crippen molar-refractivity contribution >= 4 is 29.6 Å². The lowest BCUT2D eigenvalue weighted by Gasteiger charge is -2.18. The van der Waals surface area contributed by atoms with Crippen LogP contribution in [-0.2, 0) is 19.1 Å². The van der Waals surface area contributed by atoms with Crippen LogP contribution < -0.4 is 14.4 Å². The van der Waals surface area contributed by atoms with Crippen LogP contribution in [0.5, 0.6) is 11.5 Å². The van der Waals surface area contributed by atoms with Gasteiger partial charge in [-0.15, -0.1) is 0 Å². The van der Waals surface area contributed by atoms with Gasteiger partial charge in [-0.25, -0.2) is 9.59 Å². The first-order chi connectivity index (χ1) is 15.4. The summed E-state index contributed by atoms with van der Waals surface area (Å²) in [4.78, 5) is 39.1. The van der Waals surface area contributed by atoms with E-state index < -0.39 is 17.8 Å². The van der Waals surface area contributed by atoms with Gasteiger partial charge in [0.25, 0.3) is 5.91 Å². The molecule has 0 N–H and O–H groups in total. The molecule has 8 nitrogen and oxygen atoms in total. The molecular weight excluding hydrogens is 414 g/mol. The first kappa shape index (κ1) is 22.6. The molecule has 1 aliphatic heterocycles. The Bertz CT molecular complexity index is 1130. The average Bonchev–Trinajstić information content (AvgIpc) is 3.06. The van der Waals surface area contributed by atoms with Crippen molar-refractivity contribution in [1.82, 2.24) is 0 Å². The summed E-state index contributed by atoms with van der Waals surface area (Å²) in [7, 11) is 5.55. The Morgan fingerprint density at radius 1 is 0.875 bits per heavy atom. The second-order valence-corrected chi connectivity index (χ2v) is 6.77. The second kappa shape index (κ2) is 9.38. The van der Waals surface area contributed by atoms with Crippen molar-refractivity contribution in [2.45, 2.75) is 6.92 Å². The monoisotopic (exact) mass is 437 g/mol. The lowest BCUT2D eigenvalue weighted by molar-refractivity contribution is -0.136. The van der Waals surface area contributed by atoms with E-state index in [2.05, 4.69) is 0 Å². The number of anilines is 1. The third-order valence-corrected chi connectivity index (χ3v) is 5.07. The van der Waals surface area contributed by atoms with Gasteiger partial charge in [0.05, 0.1) is 45.1 Å². The van der Waals surface area contributed by atoms with Crippen LogP contribution in [0.25, 0.3) is 6.08 Å². The molecule has 32 heavy (non-hydrogen) atoms. The van der Waals surface area contributed by atoms with Crippen LogP contribution in [0, 0.1) is 0 Å². The number of carbonyl (C=O) groups excluding carboxylic acids is 3. The average molecular weight is 437 g/mol. The Morgan fingerprint density at radius 2 is 1.53 bits per heavy atom. The predicted octanol–water partition coefficient (Wildman–Crippen LogP) is 3.37. The molecule has 0 bridgehead atoms. The molecule has 1 amide bonds. The van der Waals surface area contributed by atoms with E-state index >= 15 is 0 Å². The fourth-order valence-corrected chi connectivity index (χ4v) is 3.54. The highest BCUT2D eigenvalue weighted by molar-refractivity contribution is 6.24. The largest absolute Gasteiger partial charge is 0.493 e. The number of esters is 2. The minimum Gasteiger partial charge on any atom is -0.493 e. The molecule has 0 spiro atoms. The zero-order valence-electron chi connectivity index (χ0n) is 18.4. The molecule has 3 rings (SSSR count). The summed E-state index contributed by atoms with van der Waals surface area (Å²) < 4.78 is 20.4.